The number of benzene rings is 1. The van der Waals surface area contributed by atoms with E-state index in [0.717, 1.165) is 23.9 Å². The Balaban J connectivity index is 1.44. The molecule has 0 atom stereocenters. The van der Waals surface area contributed by atoms with Gasteiger partial charge in [0.25, 0.3) is 5.56 Å². The summed E-state index contributed by atoms with van der Waals surface area (Å²) in [6.45, 7) is 1.89. The van der Waals surface area contributed by atoms with Crippen molar-refractivity contribution in [3.05, 3.63) is 50.7 Å². The Kier molecular flexibility index (Phi) is 5.49. The Morgan fingerprint density at radius 1 is 1.20 bits per heavy atom. The maximum Gasteiger partial charge on any atom is 0.359 e. The first-order chi connectivity index (χ1) is 16.9. The summed E-state index contributed by atoms with van der Waals surface area (Å²) in [4.78, 5) is 40.1. The van der Waals surface area contributed by atoms with Crippen LogP contribution in [0.2, 0.25) is 5.02 Å². The molecule has 4 aliphatic rings. The standard InChI is InChI=1S/C26H26ClN3O4S/c1-2-34-24(32)21-19-13-35-22(20(19)23(31)30(29-21)18-5-3-4-17(27)9-18)28-25(33)26-10-14-6-15(11-26)8-16(7-14)12-26/h3-5,9,13-16H,2,6-8,10-12H2,1H3,(H,28,33). The molecule has 182 valence electrons. The second-order valence-corrected chi connectivity index (χ2v) is 11.6. The largest absolute Gasteiger partial charge is 0.461 e. The number of nitrogens with one attached hydrogen (secondary N) is 1. The molecule has 4 saturated carbocycles. The van der Waals surface area contributed by atoms with Crippen LogP contribution in [0.3, 0.4) is 0 Å². The van der Waals surface area contributed by atoms with Gasteiger partial charge in [-0.15, -0.1) is 11.3 Å². The van der Waals surface area contributed by atoms with Crippen LogP contribution in [0, 0.1) is 23.2 Å². The summed E-state index contributed by atoms with van der Waals surface area (Å²) < 4.78 is 6.38. The average Bonchev–Trinajstić information content (AvgIpc) is 3.22. The molecule has 9 heteroatoms. The van der Waals surface area contributed by atoms with Crippen molar-refractivity contribution in [1.29, 1.82) is 0 Å². The fourth-order valence-corrected chi connectivity index (χ4v) is 8.02. The third kappa shape index (κ3) is 3.78. The predicted octanol–water partition coefficient (Wildman–Crippen LogP) is 5.43. The molecular weight excluding hydrogens is 486 g/mol. The maximum atomic E-state index is 13.7. The molecule has 1 aromatic carbocycles. The van der Waals surface area contributed by atoms with E-state index in [1.807, 2.05) is 0 Å². The van der Waals surface area contributed by atoms with E-state index in [-0.39, 0.29) is 29.0 Å². The third-order valence-electron chi connectivity index (χ3n) is 7.92. The molecule has 35 heavy (non-hydrogen) atoms. The Bertz CT molecular complexity index is 1380. The monoisotopic (exact) mass is 511 g/mol. The number of fused-ring (bicyclic) bond motifs is 1. The number of carbonyl (C=O) groups is 2. The highest BCUT2D eigenvalue weighted by Gasteiger charge is 2.54. The molecule has 7 rings (SSSR count). The van der Waals surface area contributed by atoms with Gasteiger partial charge in [0.05, 0.1) is 23.1 Å². The number of esters is 1. The second kappa shape index (κ2) is 8.45. The number of thiophene rings is 1. The first-order valence-corrected chi connectivity index (χ1v) is 13.4. The zero-order chi connectivity index (χ0) is 24.3. The Morgan fingerprint density at radius 2 is 1.89 bits per heavy atom. The number of hydrogen-bond donors (Lipinski definition) is 1. The van der Waals surface area contributed by atoms with Gasteiger partial charge in [0, 0.05) is 15.8 Å². The molecule has 4 aliphatic carbocycles. The summed E-state index contributed by atoms with van der Waals surface area (Å²) in [5.74, 6) is 1.28. The van der Waals surface area contributed by atoms with Gasteiger partial charge in [-0.1, -0.05) is 17.7 Å². The van der Waals surface area contributed by atoms with Crippen LogP contribution in [0.5, 0.6) is 0 Å². The SMILES string of the molecule is CCOC(=O)c1nn(-c2cccc(Cl)c2)c(=O)c2c(NC(=O)C34CC5CC(CC(C5)C3)C4)scc12. The lowest BCUT2D eigenvalue weighted by Gasteiger charge is -2.55. The van der Waals surface area contributed by atoms with Gasteiger partial charge in [0.15, 0.2) is 5.69 Å². The summed E-state index contributed by atoms with van der Waals surface area (Å²) >= 11 is 7.40. The van der Waals surface area contributed by atoms with E-state index in [1.165, 1.54) is 30.6 Å². The minimum Gasteiger partial charge on any atom is -0.461 e. The van der Waals surface area contributed by atoms with Crippen molar-refractivity contribution in [1.82, 2.24) is 9.78 Å². The zero-order valence-electron chi connectivity index (χ0n) is 19.4. The van der Waals surface area contributed by atoms with Crippen molar-refractivity contribution in [3.63, 3.8) is 0 Å². The molecule has 0 saturated heterocycles. The van der Waals surface area contributed by atoms with Gasteiger partial charge in [-0.05, 0) is 81.4 Å². The predicted molar refractivity (Wildman–Crippen MR) is 135 cm³/mol. The van der Waals surface area contributed by atoms with Crippen LogP contribution < -0.4 is 10.9 Å². The Labute approximate surface area is 211 Å². The van der Waals surface area contributed by atoms with Gasteiger partial charge >= 0.3 is 5.97 Å². The Morgan fingerprint density at radius 3 is 2.51 bits per heavy atom. The molecule has 0 unspecified atom stereocenters. The van der Waals surface area contributed by atoms with Crippen molar-refractivity contribution < 1.29 is 14.3 Å². The molecular formula is C26H26ClN3O4S. The van der Waals surface area contributed by atoms with Crippen LogP contribution in [-0.2, 0) is 9.53 Å². The van der Waals surface area contributed by atoms with E-state index in [9.17, 15) is 14.4 Å². The summed E-state index contributed by atoms with van der Waals surface area (Å²) in [6, 6.07) is 6.71. The van der Waals surface area contributed by atoms with Crippen LogP contribution in [0.15, 0.2) is 34.4 Å². The summed E-state index contributed by atoms with van der Waals surface area (Å²) in [5.41, 5.74) is -0.307. The first-order valence-electron chi connectivity index (χ1n) is 12.2. The van der Waals surface area contributed by atoms with Crippen molar-refractivity contribution in [3.8, 4) is 5.69 Å². The van der Waals surface area contributed by atoms with Gasteiger partial charge in [0.2, 0.25) is 5.91 Å². The lowest BCUT2D eigenvalue weighted by atomic mass is 9.49. The fraction of sp³-hybridized carbons (Fsp3) is 0.462. The molecule has 0 spiro atoms. The number of aromatic nitrogens is 2. The lowest BCUT2D eigenvalue weighted by Crippen LogP contribution is -2.51. The summed E-state index contributed by atoms with van der Waals surface area (Å²) in [5, 5.41) is 10.7. The number of carbonyl (C=O) groups excluding carboxylic acids is 2. The van der Waals surface area contributed by atoms with Gasteiger partial charge in [0.1, 0.15) is 5.00 Å². The number of nitrogens with zero attached hydrogens (tertiary/aromatic N) is 2. The highest BCUT2D eigenvalue weighted by Crippen LogP contribution is 2.60. The molecule has 4 fully saturated rings. The van der Waals surface area contributed by atoms with Crippen LogP contribution in [0.1, 0.15) is 55.9 Å². The van der Waals surface area contributed by atoms with Crippen molar-refractivity contribution in [2.45, 2.75) is 45.4 Å². The quantitative estimate of drug-likeness (QED) is 0.461. The molecule has 7 nitrogen and oxygen atoms in total. The van der Waals surface area contributed by atoms with Gasteiger partial charge in [-0.3, -0.25) is 9.59 Å². The topological polar surface area (TPSA) is 90.3 Å². The molecule has 2 heterocycles. The molecule has 3 aromatic rings. The Hall–Kier alpha value is -2.71. The third-order valence-corrected chi connectivity index (χ3v) is 9.05. The highest BCUT2D eigenvalue weighted by molar-refractivity contribution is 7.16. The van der Waals surface area contributed by atoms with E-state index >= 15 is 0 Å². The molecule has 4 bridgehead atoms. The zero-order valence-corrected chi connectivity index (χ0v) is 21.0. The lowest BCUT2D eigenvalue weighted by molar-refractivity contribution is -0.140. The number of rotatable bonds is 5. The normalized spacial score (nSPS) is 26.7. The smallest absolute Gasteiger partial charge is 0.359 e. The summed E-state index contributed by atoms with van der Waals surface area (Å²) in [6.07, 6.45) is 6.51. The van der Waals surface area contributed by atoms with E-state index in [1.54, 1.807) is 36.6 Å². The number of amides is 1. The average molecular weight is 512 g/mol. The van der Waals surface area contributed by atoms with Gasteiger partial charge in [-0.25, -0.2) is 4.79 Å². The van der Waals surface area contributed by atoms with Gasteiger partial charge in [-0.2, -0.15) is 9.78 Å². The minimum absolute atomic E-state index is 0.00329. The molecule has 2 aromatic heterocycles. The van der Waals surface area contributed by atoms with Crippen LogP contribution in [-0.4, -0.2) is 28.3 Å². The van der Waals surface area contributed by atoms with Crippen LogP contribution in [0.4, 0.5) is 5.00 Å². The molecule has 0 radical (unpaired) electrons. The second-order valence-electron chi connectivity index (χ2n) is 10.3. The van der Waals surface area contributed by atoms with E-state index in [0.29, 0.717) is 38.9 Å². The highest BCUT2D eigenvalue weighted by atomic mass is 35.5. The molecule has 0 aliphatic heterocycles. The van der Waals surface area contributed by atoms with E-state index < -0.39 is 11.5 Å². The van der Waals surface area contributed by atoms with Crippen molar-refractivity contribution >= 4 is 50.6 Å². The number of ether oxygens (including phenoxy) is 1. The van der Waals surface area contributed by atoms with E-state index in [4.69, 9.17) is 16.3 Å². The van der Waals surface area contributed by atoms with Crippen LogP contribution in [0.25, 0.3) is 16.5 Å². The van der Waals surface area contributed by atoms with Gasteiger partial charge < -0.3 is 10.1 Å². The van der Waals surface area contributed by atoms with Crippen LogP contribution >= 0.6 is 22.9 Å². The number of halogens is 1. The van der Waals surface area contributed by atoms with Crippen molar-refractivity contribution in [2.24, 2.45) is 23.2 Å². The fourth-order valence-electron chi connectivity index (χ4n) is 6.90. The first kappa shape index (κ1) is 22.7. The number of anilines is 1. The minimum atomic E-state index is -0.620. The maximum absolute atomic E-state index is 13.7. The molecule has 1 amide bonds. The van der Waals surface area contributed by atoms with E-state index in [2.05, 4.69) is 10.4 Å². The van der Waals surface area contributed by atoms with Crippen molar-refractivity contribution in [2.75, 3.05) is 11.9 Å². The number of hydrogen-bond acceptors (Lipinski definition) is 6. The molecule has 1 N–H and O–H groups in total. The summed E-state index contributed by atoms with van der Waals surface area (Å²) in [7, 11) is 0.